The Morgan fingerprint density at radius 3 is 2.43 bits per heavy atom. The third kappa shape index (κ3) is 4.43. The molecule has 0 amide bonds. The molecule has 0 atom stereocenters. The lowest BCUT2D eigenvalue weighted by Gasteiger charge is -2.32. The molecule has 1 aliphatic rings. The molecule has 14 heavy (non-hydrogen) atoms. The van der Waals surface area contributed by atoms with Crippen LogP contribution in [-0.4, -0.2) is 31.1 Å². The first-order valence-corrected chi connectivity index (χ1v) is 5.94. The Morgan fingerprint density at radius 1 is 1.29 bits per heavy atom. The maximum absolute atomic E-state index is 5.53. The fourth-order valence-corrected chi connectivity index (χ4v) is 2.29. The first-order chi connectivity index (χ1) is 6.72. The van der Waals surface area contributed by atoms with E-state index in [1.165, 1.54) is 51.2 Å². The van der Waals surface area contributed by atoms with E-state index in [4.69, 9.17) is 5.73 Å². The van der Waals surface area contributed by atoms with Gasteiger partial charge in [0.25, 0.3) is 0 Å². The first kappa shape index (κ1) is 12.0. The summed E-state index contributed by atoms with van der Waals surface area (Å²) in [6, 6.07) is 0. The lowest BCUT2D eigenvalue weighted by atomic mass is 9.92. The Bertz CT molecular complexity index is 137. The summed E-state index contributed by atoms with van der Waals surface area (Å²) in [5, 5.41) is 0. The normalized spacial score (nSPS) is 20.6. The van der Waals surface area contributed by atoms with Gasteiger partial charge in [-0.05, 0) is 57.2 Å². The highest BCUT2D eigenvalue weighted by atomic mass is 15.1. The fourth-order valence-electron chi connectivity index (χ4n) is 2.29. The molecule has 0 aromatic carbocycles. The second kappa shape index (κ2) is 6.41. The van der Waals surface area contributed by atoms with Gasteiger partial charge in [0.15, 0.2) is 0 Å². The van der Waals surface area contributed by atoms with E-state index < -0.39 is 0 Å². The molecule has 2 heteroatoms. The lowest BCUT2D eigenvalue weighted by Crippen LogP contribution is -2.35. The number of hydrogen-bond donors (Lipinski definition) is 1. The van der Waals surface area contributed by atoms with E-state index in [0.29, 0.717) is 0 Å². The van der Waals surface area contributed by atoms with Crippen LogP contribution in [0.15, 0.2) is 0 Å². The highest BCUT2D eigenvalue weighted by Gasteiger charge is 2.18. The van der Waals surface area contributed by atoms with Gasteiger partial charge in [0.05, 0.1) is 0 Å². The minimum atomic E-state index is 0.863. The van der Waals surface area contributed by atoms with E-state index in [1.54, 1.807) is 0 Å². The molecule has 0 aliphatic carbocycles. The van der Waals surface area contributed by atoms with Gasteiger partial charge >= 0.3 is 0 Å². The average molecular weight is 197 g/mol. The van der Waals surface area contributed by atoms with Crippen LogP contribution in [0.5, 0.6) is 0 Å². The summed E-state index contributed by atoms with van der Waals surface area (Å²) in [4.78, 5) is 2.58. The van der Waals surface area contributed by atoms with Crippen LogP contribution < -0.4 is 5.73 Å². The summed E-state index contributed by atoms with van der Waals surface area (Å²) < 4.78 is 0. The third-order valence-electron chi connectivity index (χ3n) is 3.06. The van der Waals surface area contributed by atoms with Crippen LogP contribution in [0.2, 0.25) is 0 Å². The van der Waals surface area contributed by atoms with Crippen molar-refractivity contribution in [3.63, 3.8) is 0 Å². The van der Waals surface area contributed by atoms with Crippen molar-refractivity contribution in [2.24, 2.45) is 11.7 Å². The first-order valence-electron chi connectivity index (χ1n) is 5.94. The van der Waals surface area contributed by atoms with E-state index in [1.807, 2.05) is 0 Å². The highest BCUT2D eigenvalue weighted by Crippen LogP contribution is 2.22. The molecule has 0 saturated carbocycles. The predicted molar refractivity (Wildman–Crippen MR) is 62.0 cm³/mol. The van der Waals surface area contributed by atoms with Crippen molar-refractivity contribution in [1.29, 1.82) is 0 Å². The van der Waals surface area contributed by atoms with Crippen LogP contribution in [-0.2, 0) is 0 Å². The molecule has 2 nitrogen and oxygen atoms in total. The summed E-state index contributed by atoms with van der Waals surface area (Å²) in [6.45, 7) is 9.09. The predicted octanol–water partition coefficient (Wildman–Crippen LogP) is 2.05. The maximum Gasteiger partial charge on any atom is 0.00383 e. The minimum absolute atomic E-state index is 0.863. The van der Waals surface area contributed by atoms with Crippen LogP contribution >= 0.6 is 0 Å². The molecule has 0 spiro atoms. The maximum atomic E-state index is 5.53. The van der Waals surface area contributed by atoms with Crippen molar-refractivity contribution in [1.82, 2.24) is 4.90 Å². The van der Waals surface area contributed by atoms with Gasteiger partial charge in [0.2, 0.25) is 0 Å². The van der Waals surface area contributed by atoms with Crippen LogP contribution in [0.3, 0.4) is 0 Å². The van der Waals surface area contributed by atoms with Gasteiger partial charge in [0.1, 0.15) is 0 Å². The Balaban J connectivity index is 2.11. The molecule has 1 heterocycles. The second-order valence-corrected chi connectivity index (χ2v) is 4.86. The smallest absolute Gasteiger partial charge is 0.00383 e. The van der Waals surface area contributed by atoms with E-state index in [0.717, 1.165) is 12.5 Å². The quantitative estimate of drug-likeness (QED) is 0.731. The van der Waals surface area contributed by atoms with Crippen LogP contribution in [0, 0.1) is 11.8 Å². The molecule has 0 aromatic rings. The number of nitrogens with two attached hydrogens (primary N) is 1. The zero-order valence-corrected chi connectivity index (χ0v) is 9.76. The van der Waals surface area contributed by atoms with Gasteiger partial charge in [-0.1, -0.05) is 13.8 Å². The van der Waals surface area contributed by atoms with Crippen LogP contribution in [0.4, 0.5) is 0 Å². The summed E-state index contributed by atoms with van der Waals surface area (Å²) in [5.41, 5.74) is 5.53. The van der Waals surface area contributed by atoms with Crippen molar-refractivity contribution in [2.45, 2.75) is 39.5 Å². The second-order valence-electron chi connectivity index (χ2n) is 4.86. The number of rotatable bonds is 5. The molecular weight excluding hydrogens is 172 g/mol. The molecule has 1 aliphatic heterocycles. The van der Waals surface area contributed by atoms with Crippen LogP contribution in [0.1, 0.15) is 39.5 Å². The van der Waals surface area contributed by atoms with Crippen molar-refractivity contribution in [3.8, 4) is 0 Å². The molecule has 2 N–H and O–H groups in total. The molecule has 1 fully saturated rings. The zero-order chi connectivity index (χ0) is 10.4. The third-order valence-corrected chi connectivity index (χ3v) is 3.06. The largest absolute Gasteiger partial charge is 0.330 e. The molecule has 0 unspecified atom stereocenters. The standard InChI is InChI=1S/C12H25N2/c1-11(2)10-14-8-5-12(6-9-14)4-3-7-13/h12H,3-10,13H2,1-2H3. The SMILES string of the molecule is C[C](C)CN1CCC(CCCN)CC1. The Kier molecular flexibility index (Phi) is 5.49. The molecule has 1 rings (SSSR count). The van der Waals surface area contributed by atoms with Gasteiger partial charge in [-0.2, -0.15) is 0 Å². The molecule has 0 bridgehead atoms. The number of piperidine rings is 1. The summed E-state index contributed by atoms with van der Waals surface area (Å²) in [6.07, 6.45) is 5.32. The van der Waals surface area contributed by atoms with E-state index in [9.17, 15) is 0 Å². The topological polar surface area (TPSA) is 29.3 Å². The van der Waals surface area contributed by atoms with E-state index >= 15 is 0 Å². The summed E-state index contributed by atoms with van der Waals surface area (Å²) in [5.74, 6) is 2.48. The van der Waals surface area contributed by atoms with Crippen molar-refractivity contribution < 1.29 is 0 Å². The van der Waals surface area contributed by atoms with Gasteiger partial charge in [-0.15, -0.1) is 0 Å². The summed E-state index contributed by atoms with van der Waals surface area (Å²) >= 11 is 0. The number of likely N-dealkylation sites (tertiary alicyclic amines) is 1. The minimum Gasteiger partial charge on any atom is -0.330 e. The monoisotopic (exact) mass is 197 g/mol. The van der Waals surface area contributed by atoms with E-state index in [2.05, 4.69) is 18.7 Å². The van der Waals surface area contributed by atoms with Gasteiger partial charge in [-0.25, -0.2) is 0 Å². The van der Waals surface area contributed by atoms with Gasteiger partial charge < -0.3 is 10.6 Å². The average Bonchev–Trinajstić information content (AvgIpc) is 2.16. The molecule has 1 saturated heterocycles. The molecular formula is C12H25N2. The summed E-state index contributed by atoms with van der Waals surface area (Å²) in [7, 11) is 0. The fraction of sp³-hybridized carbons (Fsp3) is 0.917. The Labute approximate surface area is 88.8 Å². The number of nitrogens with zero attached hydrogens (tertiary/aromatic N) is 1. The van der Waals surface area contributed by atoms with Crippen molar-refractivity contribution >= 4 is 0 Å². The van der Waals surface area contributed by atoms with Crippen molar-refractivity contribution in [2.75, 3.05) is 26.2 Å². The van der Waals surface area contributed by atoms with Gasteiger partial charge in [-0.3, -0.25) is 0 Å². The van der Waals surface area contributed by atoms with E-state index in [-0.39, 0.29) is 0 Å². The van der Waals surface area contributed by atoms with Gasteiger partial charge in [0, 0.05) is 6.54 Å². The molecule has 1 radical (unpaired) electrons. The van der Waals surface area contributed by atoms with Crippen LogP contribution in [0.25, 0.3) is 0 Å². The molecule has 83 valence electrons. The highest BCUT2D eigenvalue weighted by molar-refractivity contribution is 4.84. The molecule has 0 aromatic heterocycles. The number of hydrogen-bond acceptors (Lipinski definition) is 2. The Morgan fingerprint density at radius 2 is 1.93 bits per heavy atom. The van der Waals surface area contributed by atoms with Crippen molar-refractivity contribution in [3.05, 3.63) is 5.92 Å². The lowest BCUT2D eigenvalue weighted by molar-refractivity contribution is 0.184. The Hall–Kier alpha value is -0.0800. The zero-order valence-electron chi connectivity index (χ0n) is 9.76.